The topological polar surface area (TPSA) is 159 Å². The van der Waals surface area contributed by atoms with Crippen LogP contribution in [0.5, 0.6) is 0 Å². The molecule has 0 aliphatic rings. The second-order valence-corrected chi connectivity index (χ2v) is 19.3. The lowest BCUT2D eigenvalue weighted by molar-refractivity contribution is -0.161. The van der Waals surface area contributed by atoms with Crippen LogP contribution in [0.15, 0.2) is 0 Å². The average Bonchev–Trinajstić information content (AvgIpc) is 3.28. The highest BCUT2D eigenvalue weighted by Crippen LogP contribution is 2.48. The molecule has 2 atom stereocenters. The first-order valence-corrected chi connectivity index (χ1v) is 27.7. The van der Waals surface area contributed by atoms with E-state index in [1.807, 2.05) is 6.92 Å². The highest BCUT2D eigenvalue weighted by molar-refractivity contribution is 7.48. The Labute approximate surface area is 386 Å². The third-order valence-electron chi connectivity index (χ3n) is 11.9. The summed E-state index contributed by atoms with van der Waals surface area (Å²) in [6.45, 7) is 9.27. The van der Waals surface area contributed by atoms with Gasteiger partial charge in [0.05, 0.1) is 13.2 Å². The van der Waals surface area contributed by atoms with Crippen LogP contribution < -0.4 is 10.8 Å². The summed E-state index contributed by atoms with van der Waals surface area (Å²) in [4.78, 5) is 38.2. The van der Waals surface area contributed by atoms with Gasteiger partial charge in [0.1, 0.15) is 12.2 Å². The highest BCUT2D eigenvalue weighted by Gasteiger charge is 2.33. The Morgan fingerprint density at radius 2 is 0.905 bits per heavy atom. The molecule has 1 amide bonds. The zero-order valence-electron chi connectivity index (χ0n) is 41.4. The average molecular weight is 919 g/mol. The van der Waals surface area contributed by atoms with Crippen molar-refractivity contribution in [1.29, 1.82) is 0 Å². The summed E-state index contributed by atoms with van der Waals surface area (Å²) in [6.07, 6.45) is 37.6. The number of hydrogen-bond donors (Lipinski definition) is 3. The van der Waals surface area contributed by atoms with Crippen molar-refractivity contribution >= 4 is 25.7 Å². The van der Waals surface area contributed by atoms with E-state index in [2.05, 4.69) is 24.6 Å². The molecule has 0 aliphatic carbocycles. The van der Waals surface area contributed by atoms with E-state index in [1.165, 1.54) is 148 Å². The van der Waals surface area contributed by atoms with Gasteiger partial charge in [0.25, 0.3) is 5.91 Å². The summed E-state index contributed by atoms with van der Waals surface area (Å²) in [5.74, 6) is -1.38. The van der Waals surface area contributed by atoms with E-state index in [-0.39, 0.29) is 51.4 Å². The van der Waals surface area contributed by atoms with E-state index >= 15 is 0 Å². The zero-order chi connectivity index (χ0) is 46.5. The number of carbonyl (C=O) groups excluding carboxylic acids is 3. The van der Waals surface area contributed by atoms with E-state index in [9.17, 15) is 24.1 Å². The van der Waals surface area contributed by atoms with E-state index in [0.29, 0.717) is 19.4 Å². The Morgan fingerprint density at radius 3 is 1.30 bits per heavy atom. The van der Waals surface area contributed by atoms with Crippen molar-refractivity contribution in [1.82, 2.24) is 10.8 Å². The molecule has 0 spiro atoms. The summed E-state index contributed by atoms with van der Waals surface area (Å²) in [6, 6.07) is 0. The fourth-order valence-corrected chi connectivity index (χ4v) is 8.54. The molecule has 0 aromatic carbocycles. The Bertz CT molecular complexity index is 1110. The number of esters is 2. The van der Waals surface area contributed by atoms with Gasteiger partial charge in [-0.2, -0.15) is 10.1 Å². The predicted molar refractivity (Wildman–Crippen MR) is 257 cm³/mol. The molecule has 3 N–H and O–H groups in total. The summed E-state index contributed by atoms with van der Waals surface area (Å²) in [5, 5.41) is 13.1. The molecule has 0 bridgehead atoms. The lowest BCUT2D eigenvalue weighted by Crippen LogP contribution is -2.46. The second kappa shape index (κ2) is 44.3. The fraction of sp³-hybridized carbons (Fsp3) is 0.940. The number of amides is 1. The van der Waals surface area contributed by atoms with E-state index < -0.39 is 38.0 Å². The number of ether oxygens (including phenoxy) is 2. The quantitative estimate of drug-likeness (QED) is 0.0231. The molecule has 2 unspecified atom stereocenters. The number of phosphoric ester groups is 1. The van der Waals surface area contributed by atoms with Crippen LogP contribution >= 0.6 is 7.82 Å². The van der Waals surface area contributed by atoms with Crippen molar-refractivity contribution in [2.75, 3.05) is 32.9 Å². The molecule has 374 valence electrons. The number of carbonyl (C=O) groups is 3. The molecule has 0 saturated carbocycles. The number of nitrogens with one attached hydrogen (secondary N) is 2. The summed E-state index contributed by atoms with van der Waals surface area (Å²) >= 11 is 0. The van der Waals surface area contributed by atoms with Gasteiger partial charge < -0.3 is 19.9 Å². The maximum atomic E-state index is 13.6. The summed E-state index contributed by atoms with van der Waals surface area (Å²) in [7, 11) is -4.26. The Morgan fingerprint density at radius 1 is 0.508 bits per heavy atom. The van der Waals surface area contributed by atoms with Gasteiger partial charge in [0.2, 0.25) is 0 Å². The molecule has 0 aliphatic heterocycles. The van der Waals surface area contributed by atoms with Crippen LogP contribution in [0, 0.1) is 0 Å². The molecule has 0 heterocycles. The minimum atomic E-state index is -4.26. The molecule has 0 saturated heterocycles. The monoisotopic (exact) mass is 919 g/mol. The van der Waals surface area contributed by atoms with Gasteiger partial charge in [-0.1, -0.05) is 214 Å². The number of hydrogen-bond acceptors (Lipinski definition) is 11. The lowest BCUT2D eigenvalue weighted by atomic mass is 9.96. The smallest absolute Gasteiger partial charge is 0.462 e. The first-order valence-electron chi connectivity index (χ1n) is 26.3. The molecule has 0 rings (SSSR count). The Hall–Kier alpha value is -1.56. The third-order valence-corrected chi connectivity index (χ3v) is 13.2. The van der Waals surface area contributed by atoms with Crippen LogP contribution in [0.1, 0.15) is 259 Å². The zero-order valence-corrected chi connectivity index (χ0v) is 42.3. The van der Waals surface area contributed by atoms with Crippen LogP contribution in [0.3, 0.4) is 0 Å². The molecule has 0 fully saturated rings. The van der Waals surface area contributed by atoms with Crippen molar-refractivity contribution in [3.05, 3.63) is 0 Å². The molecule has 0 aromatic heterocycles. The molecule has 0 radical (unpaired) electrons. The minimum absolute atomic E-state index is 0.0553. The van der Waals surface area contributed by atoms with Crippen LogP contribution in [-0.4, -0.2) is 67.6 Å². The van der Waals surface area contributed by atoms with Crippen LogP contribution in [0.2, 0.25) is 0 Å². The number of hydroxylamine groups is 1. The number of rotatable bonds is 49. The van der Waals surface area contributed by atoms with Crippen molar-refractivity contribution in [3.8, 4) is 0 Å². The van der Waals surface area contributed by atoms with Crippen LogP contribution in [-0.2, 0) is 42.1 Å². The van der Waals surface area contributed by atoms with Crippen LogP contribution in [0.4, 0.5) is 0 Å². The van der Waals surface area contributed by atoms with Crippen molar-refractivity contribution in [2.45, 2.75) is 271 Å². The van der Waals surface area contributed by atoms with Crippen molar-refractivity contribution in [2.24, 2.45) is 0 Å². The molecular formula is C50H99N2O10P. The number of unbranched alkanes of at least 4 members (excludes halogenated alkanes) is 28. The SMILES string of the molecule is CCCCCCCCCCCCCCCCCC(=O)OCC(COP(=O)(OCCNC(=O)C(O)(CC)CC)ONCCC)OC(=O)CCCCCCCCCCCCCCCCC. The van der Waals surface area contributed by atoms with Crippen molar-refractivity contribution < 1.29 is 47.2 Å². The lowest BCUT2D eigenvalue weighted by Gasteiger charge is -2.24. The van der Waals surface area contributed by atoms with Gasteiger partial charge in [0, 0.05) is 25.9 Å². The van der Waals surface area contributed by atoms with E-state index in [4.69, 9.17) is 23.1 Å². The van der Waals surface area contributed by atoms with Crippen molar-refractivity contribution in [3.63, 3.8) is 0 Å². The molecule has 0 aromatic rings. The molecule has 63 heavy (non-hydrogen) atoms. The number of aliphatic hydroxyl groups is 1. The summed E-state index contributed by atoms with van der Waals surface area (Å²) in [5.41, 5.74) is 1.07. The highest BCUT2D eigenvalue weighted by atomic mass is 31.2. The first-order chi connectivity index (χ1) is 30.6. The van der Waals surface area contributed by atoms with Gasteiger partial charge in [-0.05, 0) is 32.1 Å². The normalized spacial score (nSPS) is 13.2. The first kappa shape index (κ1) is 61.4. The molecular weight excluding hydrogens is 820 g/mol. The largest absolute Gasteiger partial charge is 0.491 e. The maximum absolute atomic E-state index is 13.6. The van der Waals surface area contributed by atoms with Gasteiger partial charge in [-0.15, -0.1) is 0 Å². The third kappa shape index (κ3) is 38.3. The van der Waals surface area contributed by atoms with E-state index in [1.54, 1.807) is 13.8 Å². The Balaban J connectivity index is 4.87. The van der Waals surface area contributed by atoms with Gasteiger partial charge in [-0.25, -0.2) is 4.57 Å². The molecule has 12 nitrogen and oxygen atoms in total. The summed E-state index contributed by atoms with van der Waals surface area (Å²) < 4.78 is 41.3. The standard InChI is InChI=1S/C50H99N2O10P/c1-6-11-13-15-17-19-21-23-25-27-29-31-33-35-37-39-47(53)58-44-46(61-48(54)40-38-36-34-32-30-28-26-24-22-20-18-16-14-12-7-2)45-60-63(57,62-52-41-8-3)59-43-42-51-49(55)50(56,9-4)10-5/h46,52,56H,6-45H2,1-5H3,(H,51,55). The van der Waals surface area contributed by atoms with E-state index in [0.717, 1.165) is 38.5 Å². The van der Waals surface area contributed by atoms with Gasteiger partial charge in [-0.3, -0.25) is 23.4 Å². The predicted octanol–water partition coefficient (Wildman–Crippen LogP) is 13.7. The maximum Gasteiger partial charge on any atom is 0.491 e. The van der Waals surface area contributed by atoms with Gasteiger partial charge in [0.15, 0.2) is 6.10 Å². The molecule has 13 heteroatoms. The second-order valence-electron chi connectivity index (χ2n) is 17.8. The van der Waals surface area contributed by atoms with Crippen LogP contribution in [0.25, 0.3) is 0 Å². The van der Waals surface area contributed by atoms with Gasteiger partial charge >= 0.3 is 19.8 Å². The minimum Gasteiger partial charge on any atom is -0.462 e. The number of phosphoric acid groups is 1. The Kier molecular flexibility index (Phi) is 43.2. The fourth-order valence-electron chi connectivity index (χ4n) is 7.45.